The molecule has 1 fully saturated rings. The van der Waals surface area contributed by atoms with Crippen LogP contribution in [0.25, 0.3) is 5.69 Å². The van der Waals surface area contributed by atoms with E-state index in [-0.39, 0.29) is 30.0 Å². The van der Waals surface area contributed by atoms with Crippen LogP contribution < -0.4 is 5.73 Å². The van der Waals surface area contributed by atoms with Crippen molar-refractivity contribution in [1.29, 1.82) is 0 Å². The number of nitrogens with two attached hydrogens (primary N) is 1. The zero-order valence-electron chi connectivity index (χ0n) is 14.4. The fraction of sp³-hybridized carbons (Fsp3) is 0.412. The number of carbonyl (C=O) groups is 1. The van der Waals surface area contributed by atoms with Gasteiger partial charge < -0.3 is 10.6 Å². The highest BCUT2D eigenvalue weighted by Gasteiger charge is 2.26. The largest absolute Gasteiger partial charge is 0.339 e. The SMILES string of the molecule is CC(N)C1CCN(C(=O)c2cnn(-c3ccc([N+](=O)[O-])cc3)c2)CC1.Cl. The number of rotatable bonds is 4. The number of hydrogen-bond acceptors (Lipinski definition) is 5. The number of benzene rings is 1. The van der Waals surface area contributed by atoms with Crippen LogP contribution in [0, 0.1) is 16.0 Å². The van der Waals surface area contributed by atoms with E-state index in [1.54, 1.807) is 23.0 Å². The number of aromatic nitrogens is 2. The summed E-state index contributed by atoms with van der Waals surface area (Å²) in [5.74, 6) is 0.420. The molecule has 26 heavy (non-hydrogen) atoms. The van der Waals surface area contributed by atoms with Crippen LogP contribution in [0.5, 0.6) is 0 Å². The molecule has 0 saturated carbocycles. The zero-order chi connectivity index (χ0) is 18.0. The highest BCUT2D eigenvalue weighted by Crippen LogP contribution is 2.21. The van der Waals surface area contributed by atoms with E-state index in [4.69, 9.17) is 5.73 Å². The number of non-ortho nitro benzene ring substituents is 1. The van der Waals surface area contributed by atoms with Gasteiger partial charge in [0.2, 0.25) is 0 Å². The van der Waals surface area contributed by atoms with Gasteiger partial charge in [0.1, 0.15) is 0 Å². The molecule has 0 radical (unpaired) electrons. The molecule has 1 aliphatic rings. The number of likely N-dealkylation sites (tertiary alicyclic amines) is 1. The summed E-state index contributed by atoms with van der Waals surface area (Å²) in [6.45, 7) is 3.41. The van der Waals surface area contributed by atoms with Crippen LogP contribution in [-0.4, -0.2) is 44.6 Å². The molecule has 1 aromatic heterocycles. The van der Waals surface area contributed by atoms with Gasteiger partial charge in [-0.1, -0.05) is 0 Å². The predicted molar refractivity (Wildman–Crippen MR) is 99.7 cm³/mol. The van der Waals surface area contributed by atoms with Gasteiger partial charge in [0.15, 0.2) is 0 Å². The van der Waals surface area contributed by atoms with Crippen LogP contribution >= 0.6 is 12.4 Å². The summed E-state index contributed by atoms with van der Waals surface area (Å²) in [5, 5.41) is 14.9. The molecule has 1 atom stereocenters. The molecule has 1 amide bonds. The third kappa shape index (κ3) is 4.20. The van der Waals surface area contributed by atoms with Crippen molar-refractivity contribution >= 4 is 24.0 Å². The van der Waals surface area contributed by atoms with Crippen LogP contribution in [0.2, 0.25) is 0 Å². The van der Waals surface area contributed by atoms with Crippen molar-refractivity contribution < 1.29 is 9.72 Å². The Labute approximate surface area is 157 Å². The van der Waals surface area contributed by atoms with E-state index in [9.17, 15) is 14.9 Å². The van der Waals surface area contributed by atoms with Crippen molar-refractivity contribution in [1.82, 2.24) is 14.7 Å². The molecule has 2 N–H and O–H groups in total. The number of nitro benzene ring substituents is 1. The first-order valence-corrected chi connectivity index (χ1v) is 8.30. The van der Waals surface area contributed by atoms with Gasteiger partial charge in [0, 0.05) is 37.5 Å². The van der Waals surface area contributed by atoms with Crippen molar-refractivity contribution in [2.75, 3.05) is 13.1 Å². The zero-order valence-corrected chi connectivity index (χ0v) is 15.3. The maximum Gasteiger partial charge on any atom is 0.269 e. The monoisotopic (exact) mass is 379 g/mol. The summed E-state index contributed by atoms with van der Waals surface area (Å²) in [6, 6.07) is 6.19. The number of halogens is 1. The molecule has 3 rings (SSSR count). The quantitative estimate of drug-likeness (QED) is 0.648. The van der Waals surface area contributed by atoms with Gasteiger partial charge in [-0.25, -0.2) is 4.68 Å². The minimum Gasteiger partial charge on any atom is -0.339 e. The highest BCUT2D eigenvalue weighted by atomic mass is 35.5. The van der Waals surface area contributed by atoms with Crippen LogP contribution in [-0.2, 0) is 0 Å². The number of amides is 1. The summed E-state index contributed by atoms with van der Waals surface area (Å²) in [5.41, 5.74) is 7.13. The second kappa shape index (κ2) is 8.29. The fourth-order valence-electron chi connectivity index (χ4n) is 3.11. The summed E-state index contributed by atoms with van der Waals surface area (Å²) in [6.07, 6.45) is 5.02. The lowest BCUT2D eigenvalue weighted by Gasteiger charge is -2.33. The van der Waals surface area contributed by atoms with E-state index < -0.39 is 4.92 Å². The van der Waals surface area contributed by atoms with Crippen LogP contribution in [0.15, 0.2) is 36.7 Å². The third-order valence-corrected chi connectivity index (χ3v) is 4.73. The summed E-state index contributed by atoms with van der Waals surface area (Å²) < 4.78 is 1.55. The third-order valence-electron chi connectivity index (χ3n) is 4.73. The molecule has 2 heterocycles. The summed E-state index contributed by atoms with van der Waals surface area (Å²) in [7, 11) is 0. The summed E-state index contributed by atoms with van der Waals surface area (Å²) >= 11 is 0. The Hall–Kier alpha value is -2.45. The number of carbonyl (C=O) groups excluding carboxylic acids is 1. The first-order chi connectivity index (χ1) is 12.0. The fourth-order valence-corrected chi connectivity index (χ4v) is 3.11. The van der Waals surface area contributed by atoms with Gasteiger partial charge in [-0.15, -0.1) is 12.4 Å². The Morgan fingerprint density at radius 3 is 2.46 bits per heavy atom. The average molecular weight is 380 g/mol. The Morgan fingerprint density at radius 2 is 1.92 bits per heavy atom. The number of nitrogens with zero attached hydrogens (tertiary/aromatic N) is 4. The Kier molecular flexibility index (Phi) is 6.33. The van der Waals surface area contributed by atoms with Crippen molar-refractivity contribution in [2.45, 2.75) is 25.8 Å². The first-order valence-electron chi connectivity index (χ1n) is 8.30. The Morgan fingerprint density at radius 1 is 1.31 bits per heavy atom. The van der Waals surface area contributed by atoms with Gasteiger partial charge in [-0.3, -0.25) is 14.9 Å². The molecule has 0 aliphatic carbocycles. The van der Waals surface area contributed by atoms with Gasteiger partial charge in [0.05, 0.1) is 22.4 Å². The molecule has 8 nitrogen and oxygen atoms in total. The van der Waals surface area contributed by atoms with E-state index >= 15 is 0 Å². The van der Waals surface area contributed by atoms with E-state index in [1.807, 2.05) is 11.8 Å². The number of piperidine rings is 1. The smallest absolute Gasteiger partial charge is 0.269 e. The molecule has 1 aliphatic heterocycles. The van der Waals surface area contributed by atoms with Gasteiger partial charge in [0.25, 0.3) is 11.6 Å². The maximum absolute atomic E-state index is 12.6. The van der Waals surface area contributed by atoms with Gasteiger partial charge in [-0.05, 0) is 37.8 Å². The molecule has 1 aromatic carbocycles. The number of nitro groups is 1. The Bertz CT molecular complexity index is 767. The lowest BCUT2D eigenvalue weighted by molar-refractivity contribution is -0.384. The average Bonchev–Trinajstić information content (AvgIpc) is 3.11. The van der Waals surface area contributed by atoms with Crippen LogP contribution in [0.3, 0.4) is 0 Å². The summed E-state index contributed by atoms with van der Waals surface area (Å²) in [4.78, 5) is 24.7. The molecule has 2 aromatic rings. The van der Waals surface area contributed by atoms with E-state index in [0.29, 0.717) is 30.3 Å². The van der Waals surface area contributed by atoms with E-state index in [1.165, 1.54) is 18.3 Å². The highest BCUT2D eigenvalue weighted by molar-refractivity contribution is 5.93. The topological polar surface area (TPSA) is 107 Å². The van der Waals surface area contributed by atoms with Gasteiger partial charge >= 0.3 is 0 Å². The maximum atomic E-state index is 12.6. The lowest BCUT2D eigenvalue weighted by atomic mass is 9.91. The second-order valence-electron chi connectivity index (χ2n) is 6.44. The van der Waals surface area contributed by atoms with Crippen LogP contribution in [0.4, 0.5) is 5.69 Å². The molecular formula is C17H22ClN5O3. The molecule has 0 bridgehead atoms. The lowest BCUT2D eigenvalue weighted by Crippen LogP contribution is -2.42. The minimum absolute atomic E-state index is 0. The van der Waals surface area contributed by atoms with Crippen molar-refractivity contribution in [3.63, 3.8) is 0 Å². The van der Waals surface area contributed by atoms with Crippen molar-refractivity contribution in [2.24, 2.45) is 11.7 Å². The van der Waals surface area contributed by atoms with E-state index in [0.717, 1.165) is 12.8 Å². The van der Waals surface area contributed by atoms with Gasteiger partial charge in [-0.2, -0.15) is 5.10 Å². The molecular weight excluding hydrogens is 358 g/mol. The van der Waals surface area contributed by atoms with Crippen molar-refractivity contribution in [3.05, 3.63) is 52.3 Å². The molecule has 1 saturated heterocycles. The molecule has 1 unspecified atom stereocenters. The molecule has 140 valence electrons. The molecule has 9 heteroatoms. The predicted octanol–water partition coefficient (Wildman–Crippen LogP) is 2.40. The standard InChI is InChI=1S/C17H21N5O3.ClH/c1-12(18)13-6-8-20(9-7-13)17(23)14-10-19-21(11-14)15-2-4-16(5-3-15)22(24)25;/h2-5,10-13H,6-9,18H2,1H3;1H. The number of hydrogen-bond donors (Lipinski definition) is 1. The normalized spacial score (nSPS) is 16.0. The minimum atomic E-state index is -0.451. The van der Waals surface area contributed by atoms with E-state index in [2.05, 4.69) is 5.10 Å². The second-order valence-corrected chi connectivity index (χ2v) is 6.44. The Balaban J connectivity index is 0.00000243. The molecule has 0 spiro atoms. The van der Waals surface area contributed by atoms with Crippen molar-refractivity contribution in [3.8, 4) is 5.69 Å². The first kappa shape index (κ1) is 19.9. The van der Waals surface area contributed by atoms with Crippen LogP contribution in [0.1, 0.15) is 30.1 Å².